The molecule has 2 rings (SSSR count). The average molecular weight is 300 g/mol. The molecule has 1 aromatic carbocycles. The third-order valence-corrected chi connectivity index (χ3v) is 5.15. The molecule has 0 unspecified atom stereocenters. The van der Waals surface area contributed by atoms with Gasteiger partial charge in [-0.2, -0.15) is 9.57 Å². The molecule has 1 aliphatic heterocycles. The van der Waals surface area contributed by atoms with Crippen molar-refractivity contribution in [3.05, 3.63) is 28.8 Å². The molecule has 19 heavy (non-hydrogen) atoms. The lowest BCUT2D eigenvalue weighted by atomic mass is 10.2. The zero-order chi connectivity index (χ0) is 13.9. The van der Waals surface area contributed by atoms with E-state index >= 15 is 0 Å². The standard InChI is InChI=1S/C12H14ClN3O2S/c13-11-3-2-10(9-14)12(8-11)19(17,18)16-6-1-4-15-5-7-16/h2-3,8,15H,1,4-7H2. The fourth-order valence-electron chi connectivity index (χ4n) is 2.00. The van der Waals surface area contributed by atoms with Crippen molar-refractivity contribution in [2.45, 2.75) is 11.3 Å². The van der Waals surface area contributed by atoms with Crippen LogP contribution >= 0.6 is 11.6 Å². The summed E-state index contributed by atoms with van der Waals surface area (Å²) in [5.41, 5.74) is 0.126. The molecule has 1 N–H and O–H groups in total. The van der Waals surface area contributed by atoms with Crippen LogP contribution in [0.1, 0.15) is 12.0 Å². The SMILES string of the molecule is N#Cc1ccc(Cl)cc1S(=O)(=O)N1CCCNCC1. The number of rotatable bonds is 2. The minimum atomic E-state index is -3.66. The van der Waals surface area contributed by atoms with E-state index in [9.17, 15) is 8.42 Å². The van der Waals surface area contributed by atoms with Gasteiger partial charge >= 0.3 is 0 Å². The summed E-state index contributed by atoms with van der Waals surface area (Å²) in [5, 5.41) is 12.5. The Hall–Kier alpha value is -1.13. The number of nitriles is 1. The first-order chi connectivity index (χ1) is 9.05. The topological polar surface area (TPSA) is 73.2 Å². The fourth-order valence-corrected chi connectivity index (χ4v) is 3.89. The summed E-state index contributed by atoms with van der Waals surface area (Å²) in [5.74, 6) is 0. The number of halogens is 1. The molecule has 0 aromatic heterocycles. The minimum Gasteiger partial charge on any atom is -0.315 e. The van der Waals surface area contributed by atoms with E-state index in [2.05, 4.69) is 5.32 Å². The first-order valence-electron chi connectivity index (χ1n) is 5.96. The highest BCUT2D eigenvalue weighted by molar-refractivity contribution is 7.89. The van der Waals surface area contributed by atoms with Crippen molar-refractivity contribution in [1.82, 2.24) is 9.62 Å². The third kappa shape index (κ3) is 3.07. The van der Waals surface area contributed by atoms with Gasteiger partial charge < -0.3 is 5.32 Å². The Morgan fingerprint density at radius 3 is 2.84 bits per heavy atom. The van der Waals surface area contributed by atoms with E-state index in [4.69, 9.17) is 16.9 Å². The number of sulfonamides is 1. The van der Waals surface area contributed by atoms with Crippen LogP contribution < -0.4 is 5.32 Å². The van der Waals surface area contributed by atoms with E-state index in [0.717, 1.165) is 13.0 Å². The van der Waals surface area contributed by atoms with Crippen LogP contribution in [-0.4, -0.2) is 38.9 Å². The van der Waals surface area contributed by atoms with Gasteiger partial charge in [0.1, 0.15) is 11.0 Å². The predicted octanol–water partition coefficient (Wildman–Crippen LogP) is 1.20. The molecule has 0 spiro atoms. The maximum atomic E-state index is 12.6. The number of benzene rings is 1. The maximum absolute atomic E-state index is 12.6. The monoisotopic (exact) mass is 299 g/mol. The van der Waals surface area contributed by atoms with Crippen molar-refractivity contribution in [3.63, 3.8) is 0 Å². The van der Waals surface area contributed by atoms with E-state index in [0.29, 0.717) is 24.7 Å². The molecule has 0 saturated carbocycles. The summed E-state index contributed by atoms with van der Waals surface area (Å²) >= 11 is 5.85. The first-order valence-corrected chi connectivity index (χ1v) is 7.78. The largest absolute Gasteiger partial charge is 0.315 e. The van der Waals surface area contributed by atoms with Crippen LogP contribution in [-0.2, 0) is 10.0 Å². The molecule has 0 aliphatic carbocycles. The third-order valence-electron chi connectivity index (χ3n) is 2.98. The lowest BCUT2D eigenvalue weighted by Crippen LogP contribution is -2.34. The van der Waals surface area contributed by atoms with Gasteiger partial charge in [0.15, 0.2) is 0 Å². The van der Waals surface area contributed by atoms with Crippen molar-refractivity contribution < 1.29 is 8.42 Å². The summed E-state index contributed by atoms with van der Waals surface area (Å²) in [6, 6.07) is 6.20. The normalized spacial score (nSPS) is 17.7. The van der Waals surface area contributed by atoms with Crippen molar-refractivity contribution >= 4 is 21.6 Å². The Morgan fingerprint density at radius 1 is 1.32 bits per heavy atom. The molecule has 1 heterocycles. The van der Waals surface area contributed by atoms with E-state index in [1.54, 1.807) is 0 Å². The molecule has 7 heteroatoms. The van der Waals surface area contributed by atoms with E-state index < -0.39 is 10.0 Å². The summed E-state index contributed by atoms with van der Waals surface area (Å²) < 4.78 is 26.5. The van der Waals surface area contributed by atoms with Crippen molar-refractivity contribution in [3.8, 4) is 6.07 Å². The van der Waals surface area contributed by atoms with Gasteiger partial charge in [-0.25, -0.2) is 8.42 Å². The first kappa shape index (κ1) is 14.3. The second-order valence-corrected chi connectivity index (χ2v) is 6.60. The van der Waals surface area contributed by atoms with Gasteiger partial charge in [-0.3, -0.25) is 0 Å². The minimum absolute atomic E-state index is 0.00981. The van der Waals surface area contributed by atoms with Crippen LogP contribution in [0, 0.1) is 11.3 Å². The summed E-state index contributed by atoms with van der Waals surface area (Å²) in [7, 11) is -3.66. The fraction of sp³-hybridized carbons (Fsp3) is 0.417. The Balaban J connectivity index is 2.44. The van der Waals surface area contributed by atoms with Crippen molar-refractivity contribution in [1.29, 1.82) is 5.26 Å². The molecule has 5 nitrogen and oxygen atoms in total. The number of nitrogens with one attached hydrogen (secondary N) is 1. The van der Waals surface area contributed by atoms with Crippen molar-refractivity contribution in [2.75, 3.05) is 26.2 Å². The molecule has 1 aromatic rings. The van der Waals surface area contributed by atoms with Crippen LogP contribution in [0.25, 0.3) is 0 Å². The second-order valence-electron chi connectivity index (χ2n) is 4.26. The Labute approximate surface area is 117 Å². The van der Waals surface area contributed by atoms with Crippen LogP contribution in [0.2, 0.25) is 5.02 Å². The second kappa shape index (κ2) is 5.88. The molecule has 0 bridgehead atoms. The zero-order valence-electron chi connectivity index (χ0n) is 10.3. The van der Waals surface area contributed by atoms with E-state index in [-0.39, 0.29) is 10.5 Å². The molecule has 1 aliphatic rings. The van der Waals surface area contributed by atoms with Crippen LogP contribution in [0.3, 0.4) is 0 Å². The molecule has 0 radical (unpaired) electrons. The van der Waals surface area contributed by atoms with Gasteiger partial charge in [-0.05, 0) is 31.2 Å². The molecule has 0 atom stereocenters. The van der Waals surface area contributed by atoms with Crippen LogP contribution in [0.15, 0.2) is 23.1 Å². The molecule has 1 saturated heterocycles. The van der Waals surface area contributed by atoms with E-state index in [1.165, 1.54) is 22.5 Å². The molecular formula is C12H14ClN3O2S. The Kier molecular flexibility index (Phi) is 4.42. The summed E-state index contributed by atoms with van der Waals surface area (Å²) in [6.45, 7) is 2.26. The molecular weight excluding hydrogens is 286 g/mol. The highest BCUT2D eigenvalue weighted by atomic mass is 35.5. The zero-order valence-corrected chi connectivity index (χ0v) is 11.8. The van der Waals surface area contributed by atoms with Gasteiger partial charge in [0, 0.05) is 24.7 Å². The van der Waals surface area contributed by atoms with Gasteiger partial charge in [0.25, 0.3) is 0 Å². The highest BCUT2D eigenvalue weighted by Crippen LogP contribution is 2.24. The van der Waals surface area contributed by atoms with Gasteiger partial charge in [0.05, 0.1) is 5.56 Å². The van der Waals surface area contributed by atoms with Gasteiger partial charge in [0.2, 0.25) is 10.0 Å². The molecule has 102 valence electrons. The van der Waals surface area contributed by atoms with Gasteiger partial charge in [-0.15, -0.1) is 0 Å². The molecule has 1 fully saturated rings. The number of hydrogen-bond acceptors (Lipinski definition) is 4. The lowest BCUT2D eigenvalue weighted by Gasteiger charge is -2.20. The Bertz CT molecular complexity index is 602. The van der Waals surface area contributed by atoms with Crippen molar-refractivity contribution in [2.24, 2.45) is 0 Å². The summed E-state index contributed by atoms with van der Waals surface area (Å²) in [4.78, 5) is -0.00981. The number of nitrogens with zero attached hydrogens (tertiary/aromatic N) is 2. The lowest BCUT2D eigenvalue weighted by molar-refractivity contribution is 0.432. The smallest absolute Gasteiger partial charge is 0.244 e. The van der Waals surface area contributed by atoms with Crippen LogP contribution in [0.4, 0.5) is 0 Å². The molecule has 0 amide bonds. The average Bonchev–Trinajstić information content (AvgIpc) is 2.68. The predicted molar refractivity (Wildman–Crippen MR) is 72.4 cm³/mol. The number of hydrogen-bond donors (Lipinski definition) is 1. The maximum Gasteiger partial charge on any atom is 0.244 e. The van der Waals surface area contributed by atoms with E-state index in [1.807, 2.05) is 6.07 Å². The summed E-state index contributed by atoms with van der Waals surface area (Å²) in [6.07, 6.45) is 0.752. The highest BCUT2D eigenvalue weighted by Gasteiger charge is 2.27. The quantitative estimate of drug-likeness (QED) is 0.890. The van der Waals surface area contributed by atoms with Gasteiger partial charge in [-0.1, -0.05) is 11.6 Å². The van der Waals surface area contributed by atoms with Crippen LogP contribution in [0.5, 0.6) is 0 Å². The Morgan fingerprint density at radius 2 is 2.11 bits per heavy atom.